The van der Waals surface area contributed by atoms with Crippen LogP contribution in [0, 0.1) is 25.7 Å². The van der Waals surface area contributed by atoms with E-state index in [0.29, 0.717) is 6.04 Å². The van der Waals surface area contributed by atoms with Gasteiger partial charge in [-0.1, -0.05) is 13.8 Å². The molecule has 0 aromatic carbocycles. The van der Waals surface area contributed by atoms with E-state index < -0.39 is 0 Å². The third-order valence-corrected chi connectivity index (χ3v) is 4.07. The zero-order valence-electron chi connectivity index (χ0n) is 11.3. The molecule has 3 atom stereocenters. The van der Waals surface area contributed by atoms with Crippen molar-refractivity contribution in [2.24, 2.45) is 17.6 Å². The van der Waals surface area contributed by atoms with E-state index in [4.69, 9.17) is 5.73 Å². The summed E-state index contributed by atoms with van der Waals surface area (Å²) in [6, 6.07) is 0.558. The van der Waals surface area contributed by atoms with Crippen LogP contribution in [0.4, 0.5) is 0 Å². The van der Waals surface area contributed by atoms with Crippen molar-refractivity contribution >= 4 is 0 Å². The Kier molecular flexibility index (Phi) is 3.52. The van der Waals surface area contributed by atoms with Gasteiger partial charge in [0.25, 0.3) is 0 Å². The second-order valence-electron chi connectivity index (χ2n) is 5.70. The van der Waals surface area contributed by atoms with Gasteiger partial charge in [0, 0.05) is 6.04 Å². The van der Waals surface area contributed by atoms with Crippen molar-refractivity contribution in [2.45, 2.75) is 59.0 Å². The Morgan fingerprint density at radius 1 is 1.29 bits per heavy atom. The van der Waals surface area contributed by atoms with Gasteiger partial charge < -0.3 is 5.73 Å². The van der Waals surface area contributed by atoms with Gasteiger partial charge in [0.2, 0.25) is 0 Å². The predicted octanol–water partition coefficient (Wildman–Crippen LogP) is 2.22. The van der Waals surface area contributed by atoms with E-state index in [1.165, 1.54) is 6.42 Å². The zero-order valence-corrected chi connectivity index (χ0v) is 11.3. The number of nitrogens with zero attached hydrogens (tertiary/aromatic N) is 3. The summed E-state index contributed by atoms with van der Waals surface area (Å²) >= 11 is 0. The Hall–Kier alpha value is -0.900. The maximum Gasteiger partial charge on any atom is 0.147 e. The minimum atomic E-state index is 0.227. The highest BCUT2D eigenvalue weighted by Crippen LogP contribution is 2.35. The van der Waals surface area contributed by atoms with E-state index in [2.05, 4.69) is 28.6 Å². The van der Waals surface area contributed by atoms with Gasteiger partial charge in [-0.25, -0.2) is 9.67 Å². The van der Waals surface area contributed by atoms with Crippen molar-refractivity contribution in [3.05, 3.63) is 11.6 Å². The lowest BCUT2D eigenvalue weighted by molar-refractivity contribution is 0.181. The first-order valence-electron chi connectivity index (χ1n) is 6.64. The summed E-state index contributed by atoms with van der Waals surface area (Å²) in [4.78, 5) is 4.39. The molecule has 0 amide bonds. The van der Waals surface area contributed by atoms with Crippen LogP contribution in [0.2, 0.25) is 0 Å². The molecule has 1 aliphatic carbocycles. The Bertz CT molecular complexity index is 383. The second-order valence-corrected chi connectivity index (χ2v) is 5.70. The number of rotatable bonds is 2. The van der Waals surface area contributed by atoms with E-state index in [0.717, 1.165) is 36.3 Å². The molecule has 17 heavy (non-hydrogen) atoms. The molecule has 4 nitrogen and oxygen atoms in total. The zero-order chi connectivity index (χ0) is 12.6. The van der Waals surface area contributed by atoms with Crippen LogP contribution >= 0.6 is 0 Å². The molecule has 1 heterocycles. The largest absolute Gasteiger partial charge is 0.326 e. The third-order valence-electron chi connectivity index (χ3n) is 4.07. The number of aryl methyl sites for hydroxylation is 2. The van der Waals surface area contributed by atoms with Crippen LogP contribution < -0.4 is 5.73 Å². The number of hydrogen-bond acceptors (Lipinski definition) is 3. The highest BCUT2D eigenvalue weighted by molar-refractivity contribution is 4.95. The van der Waals surface area contributed by atoms with Crippen molar-refractivity contribution in [1.29, 1.82) is 0 Å². The summed E-state index contributed by atoms with van der Waals surface area (Å²) in [6.45, 7) is 8.57. The smallest absolute Gasteiger partial charge is 0.147 e. The molecule has 1 aromatic heterocycles. The normalized spacial score (nSPS) is 29.9. The lowest BCUT2D eigenvalue weighted by atomic mass is 9.77. The monoisotopic (exact) mass is 236 g/mol. The van der Waals surface area contributed by atoms with E-state index in [1.807, 2.05) is 13.8 Å². The van der Waals surface area contributed by atoms with Crippen LogP contribution in [-0.2, 0) is 0 Å². The van der Waals surface area contributed by atoms with E-state index in [-0.39, 0.29) is 6.04 Å². The van der Waals surface area contributed by atoms with Crippen molar-refractivity contribution in [1.82, 2.24) is 14.8 Å². The van der Waals surface area contributed by atoms with Crippen molar-refractivity contribution in [2.75, 3.05) is 0 Å². The summed E-state index contributed by atoms with van der Waals surface area (Å²) in [5.74, 6) is 3.34. The summed E-state index contributed by atoms with van der Waals surface area (Å²) in [6.07, 6.45) is 3.50. The molecule has 0 saturated heterocycles. The Morgan fingerprint density at radius 2 is 2.00 bits per heavy atom. The highest BCUT2D eigenvalue weighted by atomic mass is 15.4. The summed E-state index contributed by atoms with van der Waals surface area (Å²) in [5, 5.41) is 4.50. The molecule has 1 aliphatic rings. The molecule has 0 bridgehead atoms. The van der Waals surface area contributed by atoms with Gasteiger partial charge in [0.05, 0.1) is 6.04 Å². The Morgan fingerprint density at radius 3 is 2.53 bits per heavy atom. The molecular weight excluding hydrogens is 212 g/mol. The molecule has 2 N–H and O–H groups in total. The summed E-state index contributed by atoms with van der Waals surface area (Å²) in [5.41, 5.74) is 6.26. The average molecular weight is 236 g/mol. The minimum absolute atomic E-state index is 0.227. The SMILES string of the molecule is Cc1nc(C)n(C2CC(C(C)C)CCC2N)n1. The average Bonchev–Trinajstić information content (AvgIpc) is 2.58. The van der Waals surface area contributed by atoms with Crippen LogP contribution in [0.3, 0.4) is 0 Å². The Labute approximate surface area is 104 Å². The minimum Gasteiger partial charge on any atom is -0.326 e. The quantitative estimate of drug-likeness (QED) is 0.856. The highest BCUT2D eigenvalue weighted by Gasteiger charge is 2.32. The first-order valence-corrected chi connectivity index (χ1v) is 6.64. The van der Waals surface area contributed by atoms with Crippen molar-refractivity contribution in [3.8, 4) is 0 Å². The van der Waals surface area contributed by atoms with Crippen molar-refractivity contribution < 1.29 is 0 Å². The van der Waals surface area contributed by atoms with Crippen LogP contribution in [0.1, 0.15) is 50.8 Å². The molecular formula is C13H24N4. The fourth-order valence-corrected chi connectivity index (χ4v) is 2.94. The molecule has 1 aromatic rings. The van der Waals surface area contributed by atoms with Gasteiger partial charge >= 0.3 is 0 Å². The molecule has 96 valence electrons. The molecule has 0 aliphatic heterocycles. The third kappa shape index (κ3) is 2.51. The van der Waals surface area contributed by atoms with Crippen LogP contribution in [-0.4, -0.2) is 20.8 Å². The molecule has 1 saturated carbocycles. The molecule has 2 rings (SSSR count). The number of hydrogen-bond donors (Lipinski definition) is 1. The van der Waals surface area contributed by atoms with Crippen LogP contribution in [0.5, 0.6) is 0 Å². The molecule has 0 radical (unpaired) electrons. The fraction of sp³-hybridized carbons (Fsp3) is 0.846. The predicted molar refractivity (Wildman–Crippen MR) is 68.7 cm³/mol. The first kappa shape index (κ1) is 12.6. The molecule has 1 fully saturated rings. The lowest BCUT2D eigenvalue weighted by Crippen LogP contribution is -2.39. The van der Waals surface area contributed by atoms with Crippen LogP contribution in [0.15, 0.2) is 0 Å². The van der Waals surface area contributed by atoms with Gasteiger partial charge in [-0.2, -0.15) is 5.10 Å². The van der Waals surface area contributed by atoms with Crippen molar-refractivity contribution in [3.63, 3.8) is 0 Å². The maximum absolute atomic E-state index is 6.26. The van der Waals surface area contributed by atoms with Gasteiger partial charge in [-0.3, -0.25) is 0 Å². The summed E-state index contributed by atoms with van der Waals surface area (Å²) < 4.78 is 2.05. The maximum atomic E-state index is 6.26. The second kappa shape index (κ2) is 4.77. The van der Waals surface area contributed by atoms with Gasteiger partial charge in [-0.15, -0.1) is 0 Å². The Balaban J connectivity index is 2.20. The number of nitrogens with two attached hydrogens (primary N) is 1. The summed E-state index contributed by atoms with van der Waals surface area (Å²) in [7, 11) is 0. The van der Waals surface area contributed by atoms with E-state index >= 15 is 0 Å². The topological polar surface area (TPSA) is 56.7 Å². The van der Waals surface area contributed by atoms with Gasteiger partial charge in [0.1, 0.15) is 11.6 Å². The number of aromatic nitrogens is 3. The van der Waals surface area contributed by atoms with E-state index in [1.54, 1.807) is 0 Å². The first-order chi connectivity index (χ1) is 7.99. The lowest BCUT2D eigenvalue weighted by Gasteiger charge is -2.36. The van der Waals surface area contributed by atoms with E-state index in [9.17, 15) is 0 Å². The molecule has 3 unspecified atom stereocenters. The fourth-order valence-electron chi connectivity index (χ4n) is 2.94. The molecule has 4 heteroatoms. The van der Waals surface area contributed by atoms with Gasteiger partial charge in [-0.05, 0) is 44.9 Å². The van der Waals surface area contributed by atoms with Crippen LogP contribution in [0.25, 0.3) is 0 Å². The molecule has 0 spiro atoms. The standard InChI is InChI=1S/C13H24N4/c1-8(2)11-5-6-12(14)13(7-11)17-10(4)15-9(3)16-17/h8,11-13H,5-7,14H2,1-4H3. The van der Waals surface area contributed by atoms with Gasteiger partial charge in [0.15, 0.2) is 0 Å².